The summed E-state index contributed by atoms with van der Waals surface area (Å²) in [6.45, 7) is 3.44. The fourth-order valence-electron chi connectivity index (χ4n) is 16.6. The number of hydrogen-bond acceptors (Lipinski definition) is 34. The number of aliphatic carboxylic acids is 5. The van der Waals surface area contributed by atoms with Gasteiger partial charge in [0.15, 0.2) is 5.96 Å². The molecule has 0 radical (unpaired) electrons. The Bertz CT molecular complexity index is 5310. The van der Waals surface area contributed by atoms with Crippen molar-refractivity contribution in [3.8, 4) is 5.75 Å². The molecule has 150 heavy (non-hydrogen) atoms. The largest absolute Gasteiger partial charge is 0.508 e. The number of carboxylic acid groups (broad SMARTS) is 5. The van der Waals surface area contributed by atoms with Crippen molar-refractivity contribution >= 4 is 154 Å². The molecule has 29 N–H and O–H groups in total. The summed E-state index contributed by atoms with van der Waals surface area (Å²) < 4.78 is 0. The van der Waals surface area contributed by atoms with Crippen LogP contribution in [-0.2, 0) is 139 Å². The number of rotatable bonds is 70. The van der Waals surface area contributed by atoms with Crippen molar-refractivity contribution in [3.05, 3.63) is 102 Å². The average molecular weight is 2110 g/mol. The first-order valence-corrected chi connectivity index (χ1v) is 48.9. The molecule has 16 atom stereocenters. The van der Waals surface area contributed by atoms with Crippen molar-refractivity contribution < 1.29 is 151 Å². The molecule has 0 aromatic heterocycles. The van der Waals surface area contributed by atoms with Gasteiger partial charge in [0.2, 0.25) is 111 Å². The zero-order chi connectivity index (χ0) is 111. The lowest BCUT2D eigenvalue weighted by molar-refractivity contribution is -0.147. The number of phenols is 1. The zero-order valence-corrected chi connectivity index (χ0v) is 83.4. The van der Waals surface area contributed by atoms with Crippen LogP contribution in [0.5, 0.6) is 5.75 Å². The van der Waals surface area contributed by atoms with Gasteiger partial charge in [-0.3, -0.25) is 120 Å². The standard InChI is InChI=1S/C96H135N23O31/c1-5-52(4)81(87(142)85(140)68-21-13-37-117(68)94(149)62(31-35-79(133)134)110-90(145)61(30-34-78(131)132)112-114-66(43-55-24-26-57(121)27-25-55)91(146)106-56(50-120)40-51(2)3)111-89(144)60(29-33-77(129)130)108-88(143)59(28-32-76(127)128)109-92(147)67(42-54-18-10-7-11-19-54)115-113-65(45-80(135)136)84(139)83(138)64(44-71(98)122)107-75(126)49-104-73(124)47-102-72(123)46-103-74(125)48-105-93(148)70-23-14-38-118(70)95(150)63(20-12-36-101-96(99)100)116-119-39-15-22-69(119)86(141)82(137)58(97)41-53-16-8-6-9-17-53/h6-11,16-19,24-27,50-52,56,58-70,81,112-116,121H,5,12-15,20-23,28-49,97H2,1-4H3,(H2,98,122)(H,102,123)(H,103,125)(H,104,124)(H,105,148)(H,106,146)(H,107,126)(H,108,143)(H,109,147)(H,110,145)(H,111,144)(H,127,128)(H,129,130)(H,131,132)(H,133,134)(H,135,136)(H4,99,100,101)/t52-,56-,58-,59-,60-,61-,62-,63-,64+,65-,66-,67-,68-,69-,70-,81-/m0/s1. The number of aldehydes is 1. The summed E-state index contributed by atoms with van der Waals surface area (Å²) in [5.74, 6) is -30.7. The van der Waals surface area contributed by atoms with E-state index in [1.54, 1.807) is 50.2 Å². The Morgan fingerprint density at radius 1 is 0.420 bits per heavy atom. The lowest BCUT2D eigenvalue weighted by atomic mass is 9.90. The van der Waals surface area contributed by atoms with Crippen LogP contribution in [0.1, 0.15) is 173 Å². The van der Waals surface area contributed by atoms with Crippen molar-refractivity contribution in [3.63, 3.8) is 0 Å². The van der Waals surface area contributed by atoms with E-state index in [-0.39, 0.29) is 108 Å². The number of primary amides is 1. The predicted octanol–water partition coefficient (Wildman–Crippen LogP) is -7.12. The fourth-order valence-corrected chi connectivity index (χ4v) is 16.6. The zero-order valence-electron chi connectivity index (χ0n) is 83.4. The number of Topliss-reactive ketones (excluding diaryl/α,β-unsaturated/α-hetero) is 6. The number of guanidine groups is 1. The number of carbonyl (C=O) groups excluding carboxylic acids is 20. The van der Waals surface area contributed by atoms with E-state index in [1.807, 2.05) is 5.32 Å². The molecule has 3 heterocycles. The van der Waals surface area contributed by atoms with Gasteiger partial charge in [0.25, 0.3) is 0 Å². The number of carbonyl (C=O) groups is 25. The minimum Gasteiger partial charge on any atom is -0.508 e. The van der Waals surface area contributed by atoms with Crippen LogP contribution in [-0.4, -0.2) is 342 Å². The van der Waals surface area contributed by atoms with Crippen LogP contribution in [0.2, 0.25) is 0 Å². The molecule has 3 aromatic rings. The van der Waals surface area contributed by atoms with E-state index in [2.05, 4.69) is 80.3 Å². The smallest absolute Gasteiger partial charge is 0.305 e. The molecule has 3 aliphatic rings. The average Bonchev–Trinajstić information content (AvgIpc) is 1.61. The summed E-state index contributed by atoms with van der Waals surface area (Å²) in [5, 5.41) is 94.1. The van der Waals surface area contributed by atoms with Gasteiger partial charge < -0.3 is 121 Å². The molecule has 3 aliphatic heterocycles. The summed E-state index contributed by atoms with van der Waals surface area (Å²) in [6.07, 6.45) is -6.89. The molecule has 0 bridgehead atoms. The van der Waals surface area contributed by atoms with E-state index in [1.165, 1.54) is 72.3 Å². The van der Waals surface area contributed by atoms with Gasteiger partial charge >= 0.3 is 29.8 Å². The molecule has 0 spiro atoms. The van der Waals surface area contributed by atoms with Crippen molar-refractivity contribution in [2.45, 2.75) is 266 Å². The van der Waals surface area contributed by atoms with Gasteiger partial charge in [0.1, 0.15) is 66.4 Å². The lowest BCUT2D eigenvalue weighted by Gasteiger charge is -2.33. The van der Waals surface area contributed by atoms with Gasteiger partial charge in [-0.2, -0.15) is 0 Å². The van der Waals surface area contributed by atoms with Crippen molar-refractivity contribution in [2.75, 3.05) is 52.4 Å². The maximum absolute atomic E-state index is 14.8. The number of hydrazine groups is 3. The Morgan fingerprint density at radius 2 is 0.840 bits per heavy atom. The highest BCUT2D eigenvalue weighted by molar-refractivity contribution is 6.43. The monoisotopic (exact) mass is 2110 g/mol. The number of likely N-dealkylation sites (tertiary alicyclic amines) is 2. The fraction of sp³-hybridized carbons (Fsp3) is 0.542. The number of ketones is 6. The third-order valence-electron chi connectivity index (χ3n) is 24.7. The molecule has 0 unspecified atom stereocenters. The van der Waals surface area contributed by atoms with Crippen molar-refractivity contribution in [2.24, 2.45) is 29.0 Å². The van der Waals surface area contributed by atoms with E-state index in [0.717, 1.165) is 10.5 Å². The molecular formula is C96H135N23O31. The normalized spacial score (nSPS) is 16.9. The van der Waals surface area contributed by atoms with Crippen LogP contribution in [0.25, 0.3) is 0 Å². The van der Waals surface area contributed by atoms with E-state index < -0.39 is 335 Å². The third kappa shape index (κ3) is 42.1. The predicted molar refractivity (Wildman–Crippen MR) is 525 cm³/mol. The van der Waals surface area contributed by atoms with Crippen LogP contribution in [0, 0.1) is 17.2 Å². The molecule has 3 aromatic carbocycles. The number of nitrogens with one attached hydrogen (secondary N) is 17. The first kappa shape index (κ1) is 123. The van der Waals surface area contributed by atoms with Crippen molar-refractivity contribution in [1.82, 2.24) is 100 Å². The lowest BCUT2D eigenvalue weighted by Crippen LogP contribution is -2.61. The van der Waals surface area contributed by atoms with E-state index in [4.69, 9.17) is 22.6 Å². The number of nitrogens with two attached hydrogens (primary N) is 3. The molecule has 3 fully saturated rings. The molecule has 13 amide bonds. The molecule has 0 aliphatic carbocycles. The Labute approximate surface area is 860 Å². The highest BCUT2D eigenvalue weighted by atomic mass is 16.4. The van der Waals surface area contributed by atoms with E-state index in [0.29, 0.717) is 30.3 Å². The summed E-state index contributed by atoms with van der Waals surface area (Å²) >= 11 is 0. The Morgan fingerprint density at radius 3 is 1.35 bits per heavy atom. The second kappa shape index (κ2) is 62.7. The van der Waals surface area contributed by atoms with Crippen molar-refractivity contribution in [1.29, 1.82) is 5.41 Å². The van der Waals surface area contributed by atoms with Gasteiger partial charge in [-0.05, 0) is 143 Å². The summed E-state index contributed by atoms with van der Waals surface area (Å²) in [7, 11) is 0. The molecule has 0 saturated carbocycles. The maximum Gasteiger partial charge on any atom is 0.305 e. The van der Waals surface area contributed by atoms with Crippen LogP contribution < -0.4 is 103 Å². The van der Waals surface area contributed by atoms with E-state index in [9.17, 15) is 151 Å². The van der Waals surface area contributed by atoms with Gasteiger partial charge in [0, 0.05) is 51.9 Å². The minimum absolute atomic E-state index is 0.00578. The maximum atomic E-state index is 14.8. The number of nitrogens with zero attached hydrogens (tertiary/aromatic N) is 3. The molecule has 3 saturated heterocycles. The van der Waals surface area contributed by atoms with Crippen LogP contribution in [0.15, 0.2) is 84.9 Å². The van der Waals surface area contributed by atoms with E-state index >= 15 is 0 Å². The van der Waals surface area contributed by atoms with Gasteiger partial charge in [-0.15, -0.1) is 0 Å². The number of carboxylic acids is 5. The molecule has 6 rings (SSSR count). The first-order valence-electron chi connectivity index (χ1n) is 48.9. The molecule has 820 valence electrons. The minimum atomic E-state index is -2.24. The number of phenolic OH excluding ortho intramolecular Hbond substituents is 1. The highest BCUT2D eigenvalue weighted by Crippen LogP contribution is 2.27. The van der Waals surface area contributed by atoms with Crippen LogP contribution in [0.3, 0.4) is 0 Å². The van der Waals surface area contributed by atoms with Gasteiger partial charge in [-0.25, -0.2) is 32.1 Å². The van der Waals surface area contributed by atoms with Crippen LogP contribution in [0.4, 0.5) is 0 Å². The second-order valence-electron chi connectivity index (χ2n) is 36.8. The quantitative estimate of drug-likeness (QED) is 0.00623. The molecule has 54 heteroatoms. The number of benzene rings is 3. The van der Waals surface area contributed by atoms with Crippen LogP contribution >= 0.6 is 0 Å². The Hall–Kier alpha value is -15.4. The summed E-state index contributed by atoms with van der Waals surface area (Å²) in [6, 6.07) is -1.81. The first-order chi connectivity index (χ1) is 71.1. The SMILES string of the molecule is CC[C@H](C)[C@H](NC(=O)[C@H](CCC(=O)O)NC(=O)[C@H](CCC(=O)O)NC(=O)[C@H](Cc1ccccc1)NN[C@@H](CC(=O)O)C(=O)C(=O)[C@@H](CC(N)=O)NC(=O)CNC(=O)CNC(=O)CNC(=O)CNC(=O)[C@@H]1CCCN1C(=O)[C@H](CCCNC(=N)N)NN1CCC[C@H]1C(=O)C(=O)[C@@H](N)Cc1ccccc1)C(=O)C(=O)[C@@H]1CCCN1C(=O)[C@H](CCC(=O)O)NC(=O)[C@H](CCC(=O)O)NN[C@@H](Cc1ccc(O)cc1)C(=O)N[C@H](C=O)CC(C)C. The summed E-state index contributed by atoms with van der Waals surface area (Å²) in [5.41, 5.74) is 31.7. The topological polar surface area (TPSA) is 852 Å². The Kier molecular flexibility index (Phi) is 51.5. The van der Waals surface area contributed by atoms with Gasteiger partial charge in [-0.1, -0.05) is 107 Å². The van der Waals surface area contributed by atoms with Gasteiger partial charge in [0.05, 0.1) is 75.3 Å². The highest BCUT2D eigenvalue weighted by Gasteiger charge is 2.47. The molecule has 54 nitrogen and oxygen atoms in total. The molecular weight excluding hydrogens is 1970 g/mol. The Balaban J connectivity index is 1.08. The number of amides is 13. The number of aromatic hydroxyl groups is 1. The number of hydrogen-bond donors (Lipinski definition) is 26. The second-order valence-corrected chi connectivity index (χ2v) is 36.8. The summed E-state index contributed by atoms with van der Waals surface area (Å²) in [4.78, 5) is 340. The third-order valence-corrected chi connectivity index (χ3v) is 24.7.